The lowest BCUT2D eigenvalue weighted by atomic mass is 10.0. The van der Waals surface area contributed by atoms with E-state index in [1.54, 1.807) is 4.90 Å². The zero-order valence-electron chi connectivity index (χ0n) is 15.9. The molecule has 2 aromatic carbocycles. The maximum atomic E-state index is 6.15. The molecule has 142 valence electrons. The van der Waals surface area contributed by atoms with E-state index in [9.17, 15) is 0 Å². The summed E-state index contributed by atoms with van der Waals surface area (Å²) < 4.78 is 6.15. The third-order valence-corrected chi connectivity index (χ3v) is 5.52. The van der Waals surface area contributed by atoms with E-state index in [0.29, 0.717) is 0 Å². The Morgan fingerprint density at radius 2 is 1.69 bits per heavy atom. The zero-order valence-corrected chi connectivity index (χ0v) is 16.7. The van der Waals surface area contributed by atoms with Gasteiger partial charge in [0.15, 0.2) is 0 Å². The van der Waals surface area contributed by atoms with E-state index < -0.39 is 0 Å². The maximum absolute atomic E-state index is 6.15. The van der Waals surface area contributed by atoms with E-state index in [1.165, 1.54) is 56.2 Å². The summed E-state index contributed by atoms with van der Waals surface area (Å²) in [6, 6.07) is 20.2. The molecule has 1 fully saturated rings. The molecule has 3 heteroatoms. The van der Waals surface area contributed by atoms with Crippen LogP contribution < -0.4 is 22.0 Å². The Morgan fingerprint density at radius 3 is 2.46 bits per heavy atom. The van der Waals surface area contributed by atoms with Gasteiger partial charge in [-0.05, 0) is 42.9 Å². The van der Waals surface area contributed by atoms with Crippen LogP contribution in [-0.2, 0) is 12.8 Å². The van der Waals surface area contributed by atoms with Crippen molar-refractivity contribution in [1.29, 1.82) is 0 Å². The first kappa shape index (κ1) is 20.8. The Morgan fingerprint density at radius 1 is 0.962 bits per heavy atom. The highest BCUT2D eigenvalue weighted by atomic mass is 35.5. The van der Waals surface area contributed by atoms with Crippen LogP contribution in [0.2, 0.25) is 0 Å². The van der Waals surface area contributed by atoms with Gasteiger partial charge < -0.3 is 22.0 Å². The molecule has 1 heterocycles. The van der Waals surface area contributed by atoms with Crippen LogP contribution in [0, 0.1) is 0 Å². The minimum atomic E-state index is 0. The maximum Gasteiger partial charge on any atom is 0.122 e. The molecule has 0 bridgehead atoms. The predicted octanol–water partition coefficient (Wildman–Crippen LogP) is 0.702. The minimum Gasteiger partial charge on any atom is -1.00 e. The molecule has 26 heavy (non-hydrogen) atoms. The molecule has 1 saturated heterocycles. The SMILES string of the molecule is C[NH+]1CCCC1CCOc1ccccc1CCCCc1ccccc1.[Cl-]. The number of para-hydroxylation sites is 1. The lowest BCUT2D eigenvalue weighted by Crippen LogP contribution is -3.10. The third kappa shape index (κ3) is 6.34. The van der Waals surface area contributed by atoms with Crippen molar-refractivity contribution in [3.63, 3.8) is 0 Å². The van der Waals surface area contributed by atoms with Gasteiger partial charge in [-0.2, -0.15) is 0 Å². The number of unbranched alkanes of at least 4 members (excludes halogenated alkanes) is 1. The van der Waals surface area contributed by atoms with Crippen LogP contribution in [0.25, 0.3) is 0 Å². The number of rotatable bonds is 9. The lowest BCUT2D eigenvalue weighted by molar-refractivity contribution is -0.892. The normalized spacial score (nSPS) is 19.1. The Balaban J connectivity index is 0.00000243. The van der Waals surface area contributed by atoms with E-state index >= 15 is 0 Å². The van der Waals surface area contributed by atoms with Gasteiger partial charge in [-0.15, -0.1) is 0 Å². The Hall–Kier alpha value is -1.51. The number of aryl methyl sites for hydroxylation is 2. The average molecular weight is 374 g/mol. The monoisotopic (exact) mass is 373 g/mol. The molecule has 2 atom stereocenters. The fourth-order valence-electron chi connectivity index (χ4n) is 3.92. The minimum absolute atomic E-state index is 0. The van der Waals surface area contributed by atoms with Crippen molar-refractivity contribution in [1.82, 2.24) is 0 Å². The number of ether oxygens (including phenoxy) is 1. The standard InChI is InChI=1S/C23H31NO.ClH/c1-24-18-9-15-22(24)17-19-25-23-16-8-7-14-21(23)13-6-5-12-20-10-3-2-4-11-20;/h2-4,7-8,10-11,14,16,22H,5-6,9,12-13,15,17-19H2,1H3;1H. The van der Waals surface area contributed by atoms with Crippen LogP contribution in [0.1, 0.15) is 43.2 Å². The van der Waals surface area contributed by atoms with E-state index in [2.05, 4.69) is 61.6 Å². The van der Waals surface area contributed by atoms with Crippen molar-refractivity contribution in [3.8, 4) is 5.75 Å². The Bertz CT molecular complexity index is 631. The summed E-state index contributed by atoms with van der Waals surface area (Å²) in [5.74, 6) is 1.10. The first-order chi connectivity index (χ1) is 12.3. The predicted molar refractivity (Wildman–Crippen MR) is 104 cm³/mol. The first-order valence-electron chi connectivity index (χ1n) is 9.90. The molecule has 2 nitrogen and oxygen atoms in total. The number of hydrogen-bond donors (Lipinski definition) is 1. The van der Waals surface area contributed by atoms with E-state index in [1.807, 2.05) is 0 Å². The van der Waals surface area contributed by atoms with Crippen LogP contribution in [0.5, 0.6) is 5.75 Å². The second-order valence-electron chi connectivity index (χ2n) is 7.37. The van der Waals surface area contributed by atoms with Crippen LogP contribution in [0.15, 0.2) is 54.6 Å². The van der Waals surface area contributed by atoms with Gasteiger partial charge in [-0.1, -0.05) is 48.5 Å². The van der Waals surface area contributed by atoms with Gasteiger partial charge in [0.25, 0.3) is 0 Å². The van der Waals surface area contributed by atoms with Gasteiger partial charge in [0.05, 0.1) is 26.2 Å². The summed E-state index contributed by atoms with van der Waals surface area (Å²) in [5, 5.41) is 0. The van der Waals surface area contributed by atoms with Gasteiger partial charge in [0.1, 0.15) is 5.75 Å². The lowest BCUT2D eigenvalue weighted by Gasteiger charge is -2.17. The number of nitrogens with one attached hydrogen (secondary N) is 1. The molecule has 0 amide bonds. The number of benzene rings is 2. The summed E-state index contributed by atoms with van der Waals surface area (Å²) >= 11 is 0. The Kier molecular flexibility index (Phi) is 9.00. The van der Waals surface area contributed by atoms with Crippen molar-refractivity contribution < 1.29 is 22.0 Å². The van der Waals surface area contributed by atoms with Gasteiger partial charge in [0.2, 0.25) is 0 Å². The largest absolute Gasteiger partial charge is 1.00 e. The van der Waals surface area contributed by atoms with E-state index in [0.717, 1.165) is 24.8 Å². The third-order valence-electron chi connectivity index (χ3n) is 5.52. The summed E-state index contributed by atoms with van der Waals surface area (Å²) in [6.45, 7) is 2.17. The quantitative estimate of drug-likeness (QED) is 0.639. The number of likely N-dealkylation sites (tertiary alicyclic amines) is 1. The molecule has 1 aliphatic rings. The van der Waals surface area contributed by atoms with Gasteiger partial charge >= 0.3 is 0 Å². The molecule has 0 aliphatic carbocycles. The fraction of sp³-hybridized carbons (Fsp3) is 0.478. The molecule has 0 aromatic heterocycles. The van der Waals surface area contributed by atoms with Crippen molar-refractivity contribution >= 4 is 0 Å². The summed E-state index contributed by atoms with van der Waals surface area (Å²) in [4.78, 5) is 1.68. The Labute approximate surface area is 165 Å². The van der Waals surface area contributed by atoms with Crippen LogP contribution in [0.3, 0.4) is 0 Å². The van der Waals surface area contributed by atoms with E-state index in [4.69, 9.17) is 4.74 Å². The zero-order chi connectivity index (χ0) is 17.3. The average Bonchev–Trinajstić information content (AvgIpc) is 3.06. The molecule has 2 unspecified atom stereocenters. The number of halogens is 1. The topological polar surface area (TPSA) is 13.7 Å². The highest BCUT2D eigenvalue weighted by Crippen LogP contribution is 2.21. The van der Waals surface area contributed by atoms with E-state index in [-0.39, 0.29) is 12.4 Å². The molecule has 1 aliphatic heterocycles. The molecule has 3 rings (SSSR count). The fourth-order valence-corrected chi connectivity index (χ4v) is 3.92. The summed E-state index contributed by atoms with van der Waals surface area (Å²) in [5.41, 5.74) is 2.80. The van der Waals surface area contributed by atoms with Crippen molar-refractivity contribution in [2.75, 3.05) is 20.2 Å². The molecule has 0 radical (unpaired) electrons. The van der Waals surface area contributed by atoms with Crippen molar-refractivity contribution in [3.05, 3.63) is 65.7 Å². The van der Waals surface area contributed by atoms with Crippen LogP contribution in [0.4, 0.5) is 0 Å². The van der Waals surface area contributed by atoms with Gasteiger partial charge in [0, 0.05) is 19.3 Å². The highest BCUT2D eigenvalue weighted by molar-refractivity contribution is 5.33. The van der Waals surface area contributed by atoms with Crippen molar-refractivity contribution in [2.45, 2.75) is 51.0 Å². The first-order valence-corrected chi connectivity index (χ1v) is 9.90. The second kappa shape index (κ2) is 11.3. The van der Waals surface area contributed by atoms with Crippen molar-refractivity contribution in [2.24, 2.45) is 0 Å². The molecule has 0 saturated carbocycles. The molecular formula is C23H32ClNO. The van der Waals surface area contributed by atoms with Gasteiger partial charge in [-0.3, -0.25) is 0 Å². The summed E-state index contributed by atoms with van der Waals surface area (Å²) in [7, 11) is 2.32. The number of hydrogen-bond acceptors (Lipinski definition) is 1. The van der Waals surface area contributed by atoms with Gasteiger partial charge in [-0.25, -0.2) is 0 Å². The molecule has 0 spiro atoms. The second-order valence-corrected chi connectivity index (χ2v) is 7.37. The molecular weight excluding hydrogens is 342 g/mol. The highest BCUT2D eigenvalue weighted by Gasteiger charge is 2.24. The number of quaternary nitrogens is 1. The smallest absolute Gasteiger partial charge is 0.122 e. The van der Waals surface area contributed by atoms with Crippen LogP contribution >= 0.6 is 0 Å². The molecule has 2 aromatic rings. The van der Waals surface area contributed by atoms with Crippen LogP contribution in [-0.4, -0.2) is 26.2 Å². The summed E-state index contributed by atoms with van der Waals surface area (Å²) in [6.07, 6.45) is 8.62. The molecule has 1 N–H and O–H groups in total.